The summed E-state index contributed by atoms with van der Waals surface area (Å²) in [5.74, 6) is -1.09. The van der Waals surface area contributed by atoms with Crippen molar-refractivity contribution in [2.45, 2.75) is 33.2 Å². The number of rotatable bonds is 5. The summed E-state index contributed by atoms with van der Waals surface area (Å²) < 4.78 is 0. The molecule has 0 unspecified atom stereocenters. The third kappa shape index (κ3) is 3.01. The van der Waals surface area contributed by atoms with E-state index in [1.54, 1.807) is 31.7 Å². The number of carbonyl (C=O) groups is 2. The highest BCUT2D eigenvalue weighted by Crippen LogP contribution is 2.23. The van der Waals surface area contributed by atoms with Crippen LogP contribution in [0.2, 0.25) is 0 Å². The predicted octanol–water partition coefficient (Wildman–Crippen LogP) is 1.18. The highest BCUT2D eigenvalue weighted by Gasteiger charge is 2.34. The molecule has 0 saturated heterocycles. The zero-order chi connectivity index (χ0) is 14.8. The lowest BCUT2D eigenvalue weighted by Crippen LogP contribution is -2.50. The van der Waals surface area contributed by atoms with Crippen molar-refractivity contribution in [3.8, 4) is 0 Å². The largest absolute Gasteiger partial charge is 0.480 e. The highest BCUT2D eigenvalue weighted by molar-refractivity contribution is 5.94. The van der Waals surface area contributed by atoms with E-state index in [0.717, 1.165) is 0 Å². The number of aliphatic carboxylic acids is 1. The molecule has 1 amide bonds. The molecule has 1 aromatic rings. The van der Waals surface area contributed by atoms with Crippen LogP contribution in [0, 0.1) is 6.92 Å². The maximum Gasteiger partial charge on any atom is 0.328 e. The normalized spacial score (nSPS) is 11.2. The molecule has 1 heterocycles. The molecule has 1 aromatic heterocycles. The van der Waals surface area contributed by atoms with Crippen LogP contribution in [0.4, 0.5) is 5.82 Å². The molecular weight excluding hydrogens is 246 g/mol. The van der Waals surface area contributed by atoms with Gasteiger partial charge in [0.2, 0.25) is 5.91 Å². The van der Waals surface area contributed by atoms with Crippen LogP contribution in [0.3, 0.4) is 0 Å². The summed E-state index contributed by atoms with van der Waals surface area (Å²) in [6.07, 6.45) is 0. The minimum atomic E-state index is -1.12. The predicted molar refractivity (Wildman–Crippen MR) is 72.2 cm³/mol. The monoisotopic (exact) mass is 265 g/mol. The van der Waals surface area contributed by atoms with Crippen LogP contribution >= 0.6 is 0 Å². The van der Waals surface area contributed by atoms with Gasteiger partial charge in [-0.05, 0) is 39.8 Å². The maximum atomic E-state index is 11.3. The van der Waals surface area contributed by atoms with Gasteiger partial charge in [-0.15, -0.1) is 0 Å². The van der Waals surface area contributed by atoms with E-state index in [-0.39, 0.29) is 0 Å². The van der Waals surface area contributed by atoms with Crippen LogP contribution in [0.25, 0.3) is 0 Å². The fourth-order valence-corrected chi connectivity index (χ4v) is 1.89. The smallest absolute Gasteiger partial charge is 0.328 e. The van der Waals surface area contributed by atoms with E-state index in [9.17, 15) is 14.7 Å². The van der Waals surface area contributed by atoms with Crippen molar-refractivity contribution in [1.29, 1.82) is 0 Å². The van der Waals surface area contributed by atoms with Crippen LogP contribution < -0.4 is 10.6 Å². The molecule has 0 aliphatic heterocycles. The molecule has 0 saturated carbocycles. The topological polar surface area (TPSA) is 96.5 Å². The molecule has 0 aromatic carbocycles. The van der Waals surface area contributed by atoms with Crippen LogP contribution in [-0.4, -0.2) is 34.1 Å². The number of aromatic nitrogens is 1. The first-order valence-electron chi connectivity index (χ1n) is 5.99. The first-order valence-corrected chi connectivity index (χ1v) is 5.99. The molecule has 0 bridgehead atoms. The van der Waals surface area contributed by atoms with Crippen LogP contribution in [0.5, 0.6) is 0 Å². The summed E-state index contributed by atoms with van der Waals surface area (Å²) >= 11 is 0. The molecule has 19 heavy (non-hydrogen) atoms. The highest BCUT2D eigenvalue weighted by atomic mass is 16.4. The zero-order valence-electron chi connectivity index (χ0n) is 11.6. The SMILES string of the molecule is CCN(c1cc(C(N)=O)cc(C)n1)C(C)(C)C(=O)O. The number of hydrogen-bond donors (Lipinski definition) is 2. The van der Waals surface area contributed by atoms with Gasteiger partial charge in [0.15, 0.2) is 0 Å². The van der Waals surface area contributed by atoms with Gasteiger partial charge in [0.25, 0.3) is 0 Å². The number of hydrogen-bond acceptors (Lipinski definition) is 4. The van der Waals surface area contributed by atoms with Gasteiger partial charge < -0.3 is 15.7 Å². The van der Waals surface area contributed by atoms with Crippen LogP contribution in [0.1, 0.15) is 36.8 Å². The first-order chi connectivity index (χ1) is 8.70. The van der Waals surface area contributed by atoms with Crippen molar-refractivity contribution in [3.63, 3.8) is 0 Å². The van der Waals surface area contributed by atoms with Crippen molar-refractivity contribution in [2.75, 3.05) is 11.4 Å². The number of amides is 1. The van der Waals surface area contributed by atoms with Crippen LogP contribution in [0.15, 0.2) is 12.1 Å². The summed E-state index contributed by atoms with van der Waals surface area (Å²) in [5.41, 5.74) is 5.08. The lowest BCUT2D eigenvalue weighted by atomic mass is 10.0. The summed E-state index contributed by atoms with van der Waals surface area (Å²) in [4.78, 5) is 28.5. The van der Waals surface area contributed by atoms with E-state index in [4.69, 9.17) is 5.73 Å². The van der Waals surface area contributed by atoms with Crippen molar-refractivity contribution >= 4 is 17.7 Å². The minimum absolute atomic E-state index is 0.321. The van der Waals surface area contributed by atoms with Crippen molar-refractivity contribution in [3.05, 3.63) is 23.4 Å². The second kappa shape index (κ2) is 5.26. The van der Waals surface area contributed by atoms with E-state index in [1.165, 1.54) is 6.07 Å². The van der Waals surface area contributed by atoms with Crippen LogP contribution in [-0.2, 0) is 4.79 Å². The number of anilines is 1. The number of likely N-dealkylation sites (N-methyl/N-ethyl adjacent to an activating group) is 1. The number of pyridine rings is 1. The zero-order valence-corrected chi connectivity index (χ0v) is 11.6. The maximum absolute atomic E-state index is 11.3. The number of aryl methyl sites for hydroxylation is 1. The Labute approximate surface area is 112 Å². The standard InChI is InChI=1S/C13H19N3O3/c1-5-16(13(3,4)12(18)19)10-7-9(11(14)17)6-8(2)15-10/h6-7H,5H2,1-4H3,(H2,14,17)(H,18,19). The Hall–Kier alpha value is -2.11. The molecule has 1 rings (SSSR count). The molecule has 0 fully saturated rings. The Bertz CT molecular complexity index is 512. The van der Waals surface area contributed by atoms with Gasteiger partial charge in [0.1, 0.15) is 11.4 Å². The van der Waals surface area contributed by atoms with Crippen molar-refractivity contribution < 1.29 is 14.7 Å². The van der Waals surface area contributed by atoms with Gasteiger partial charge in [0.05, 0.1) is 0 Å². The molecule has 104 valence electrons. The fraction of sp³-hybridized carbons (Fsp3) is 0.462. The summed E-state index contributed by atoms with van der Waals surface area (Å²) in [6, 6.07) is 3.09. The number of nitrogens with two attached hydrogens (primary N) is 1. The molecule has 0 aliphatic rings. The Morgan fingerprint density at radius 2 is 2.00 bits per heavy atom. The van der Waals surface area contributed by atoms with E-state index in [1.807, 2.05) is 6.92 Å². The third-order valence-corrected chi connectivity index (χ3v) is 3.02. The Balaban J connectivity index is 3.34. The molecule has 0 aliphatic carbocycles. The van der Waals surface area contributed by atoms with Gasteiger partial charge in [0, 0.05) is 17.8 Å². The number of carboxylic acids is 1. The molecule has 6 nitrogen and oxygen atoms in total. The Morgan fingerprint density at radius 3 is 2.42 bits per heavy atom. The Morgan fingerprint density at radius 1 is 1.42 bits per heavy atom. The number of nitrogens with zero attached hydrogens (tertiary/aromatic N) is 2. The molecule has 0 spiro atoms. The molecule has 0 radical (unpaired) electrons. The van der Waals surface area contributed by atoms with Gasteiger partial charge in [-0.1, -0.05) is 0 Å². The third-order valence-electron chi connectivity index (χ3n) is 3.02. The molecular formula is C13H19N3O3. The summed E-state index contributed by atoms with van der Waals surface area (Å²) in [7, 11) is 0. The minimum Gasteiger partial charge on any atom is -0.480 e. The van der Waals surface area contributed by atoms with Gasteiger partial charge in [-0.2, -0.15) is 0 Å². The van der Waals surface area contributed by atoms with E-state index in [0.29, 0.717) is 23.6 Å². The van der Waals surface area contributed by atoms with Crippen molar-refractivity contribution in [2.24, 2.45) is 5.73 Å². The van der Waals surface area contributed by atoms with Crippen molar-refractivity contribution in [1.82, 2.24) is 4.98 Å². The fourth-order valence-electron chi connectivity index (χ4n) is 1.89. The van der Waals surface area contributed by atoms with Gasteiger partial charge in [-0.3, -0.25) is 4.79 Å². The summed E-state index contributed by atoms with van der Waals surface area (Å²) in [6.45, 7) is 7.20. The lowest BCUT2D eigenvalue weighted by molar-refractivity contribution is -0.142. The van der Waals surface area contributed by atoms with E-state index >= 15 is 0 Å². The number of primary amides is 1. The Kier molecular flexibility index (Phi) is 4.14. The second-order valence-corrected chi connectivity index (χ2v) is 4.83. The second-order valence-electron chi connectivity index (χ2n) is 4.83. The molecule has 3 N–H and O–H groups in total. The number of carbonyl (C=O) groups excluding carboxylic acids is 1. The molecule has 6 heteroatoms. The summed E-state index contributed by atoms with van der Waals surface area (Å²) in [5, 5.41) is 9.29. The van der Waals surface area contributed by atoms with Gasteiger partial charge >= 0.3 is 5.97 Å². The lowest BCUT2D eigenvalue weighted by Gasteiger charge is -2.35. The average molecular weight is 265 g/mol. The average Bonchev–Trinajstić information content (AvgIpc) is 2.28. The molecule has 0 atom stereocenters. The number of carboxylic acid groups (broad SMARTS) is 1. The first kappa shape index (κ1) is 14.9. The van der Waals surface area contributed by atoms with E-state index in [2.05, 4.69) is 4.98 Å². The van der Waals surface area contributed by atoms with Gasteiger partial charge in [-0.25, -0.2) is 9.78 Å². The van der Waals surface area contributed by atoms with E-state index < -0.39 is 17.4 Å². The quantitative estimate of drug-likeness (QED) is 0.833.